The minimum absolute atomic E-state index is 0.0815. The molecule has 0 saturated carbocycles. The van der Waals surface area contributed by atoms with Crippen LogP contribution < -0.4 is 15.4 Å². The molecule has 140 valence electrons. The van der Waals surface area contributed by atoms with E-state index < -0.39 is 17.6 Å². The summed E-state index contributed by atoms with van der Waals surface area (Å²) in [6.45, 7) is 1.00. The maximum atomic E-state index is 12.9. The number of hydrogen-bond donors (Lipinski definition) is 2. The lowest BCUT2D eigenvalue weighted by atomic mass is 10.1. The summed E-state index contributed by atoms with van der Waals surface area (Å²) >= 11 is 0. The van der Waals surface area contributed by atoms with Gasteiger partial charge in [0, 0.05) is 13.0 Å². The number of carbonyl (C=O) groups excluding carboxylic acids is 1. The van der Waals surface area contributed by atoms with Crippen molar-refractivity contribution in [2.24, 2.45) is 0 Å². The Morgan fingerprint density at radius 2 is 1.73 bits per heavy atom. The number of alkyl halides is 3. The number of ether oxygens (including phenoxy) is 1. The number of methoxy groups -OCH3 is 1. The van der Waals surface area contributed by atoms with Crippen LogP contribution >= 0.6 is 0 Å². The zero-order valence-corrected chi connectivity index (χ0v) is 14.4. The number of anilines is 1. The molecule has 0 bridgehead atoms. The topological polar surface area (TPSA) is 50.4 Å². The molecular formula is C19H21F3N2O2. The summed E-state index contributed by atoms with van der Waals surface area (Å²) in [6, 6.07) is 12.6. The van der Waals surface area contributed by atoms with E-state index in [4.69, 9.17) is 4.74 Å². The Labute approximate surface area is 150 Å². The number of halogens is 3. The Balaban J connectivity index is 1.76. The minimum atomic E-state index is -4.50. The molecule has 2 aromatic carbocycles. The van der Waals surface area contributed by atoms with Crippen molar-refractivity contribution in [3.05, 3.63) is 59.7 Å². The molecule has 26 heavy (non-hydrogen) atoms. The second-order valence-corrected chi connectivity index (χ2v) is 5.65. The highest BCUT2D eigenvalue weighted by Gasteiger charge is 2.33. The fraction of sp³-hybridized carbons (Fsp3) is 0.316. The average molecular weight is 366 g/mol. The molecule has 2 aromatic rings. The van der Waals surface area contributed by atoms with E-state index in [0.717, 1.165) is 23.8 Å². The van der Waals surface area contributed by atoms with Crippen LogP contribution in [-0.4, -0.2) is 26.1 Å². The maximum absolute atomic E-state index is 12.9. The number of benzene rings is 2. The lowest BCUT2D eigenvalue weighted by molar-refractivity contribution is -0.137. The van der Waals surface area contributed by atoms with Crippen LogP contribution in [0.4, 0.5) is 18.9 Å². The molecule has 0 atom stereocenters. The zero-order valence-electron chi connectivity index (χ0n) is 14.4. The molecule has 0 saturated heterocycles. The number of amides is 1. The van der Waals surface area contributed by atoms with Gasteiger partial charge in [0.2, 0.25) is 5.91 Å². The predicted molar refractivity (Wildman–Crippen MR) is 94.3 cm³/mol. The van der Waals surface area contributed by atoms with Crippen LogP contribution in [0.3, 0.4) is 0 Å². The number of nitrogens with one attached hydrogen (secondary N) is 2. The van der Waals surface area contributed by atoms with Gasteiger partial charge >= 0.3 is 6.18 Å². The highest BCUT2D eigenvalue weighted by molar-refractivity contribution is 5.91. The van der Waals surface area contributed by atoms with Crippen molar-refractivity contribution >= 4 is 11.6 Å². The first-order chi connectivity index (χ1) is 12.4. The van der Waals surface area contributed by atoms with Crippen LogP contribution in [0.15, 0.2) is 48.5 Å². The fourth-order valence-corrected chi connectivity index (χ4v) is 2.51. The largest absolute Gasteiger partial charge is 0.496 e. The molecule has 2 rings (SSSR count). The molecule has 0 radical (unpaired) electrons. The van der Waals surface area contributed by atoms with Crippen LogP contribution in [-0.2, 0) is 17.4 Å². The molecule has 4 nitrogen and oxygen atoms in total. The van der Waals surface area contributed by atoms with Gasteiger partial charge in [-0.15, -0.1) is 0 Å². The summed E-state index contributed by atoms with van der Waals surface area (Å²) in [6.07, 6.45) is -3.70. The first-order valence-electron chi connectivity index (χ1n) is 8.20. The van der Waals surface area contributed by atoms with E-state index in [1.807, 2.05) is 24.3 Å². The molecular weight excluding hydrogens is 345 g/mol. The Bertz CT molecular complexity index is 733. The number of rotatable bonds is 8. The van der Waals surface area contributed by atoms with Crippen molar-refractivity contribution in [1.82, 2.24) is 5.32 Å². The molecule has 0 aliphatic carbocycles. The van der Waals surface area contributed by atoms with Gasteiger partial charge in [0.05, 0.1) is 18.4 Å². The number of carbonyl (C=O) groups is 1. The molecule has 0 aromatic heterocycles. The Morgan fingerprint density at radius 1 is 1.04 bits per heavy atom. The SMILES string of the molecule is COc1ccccc1CCNCCC(=O)Nc1ccccc1C(F)(F)F. The lowest BCUT2D eigenvalue weighted by Gasteiger charge is -2.13. The Morgan fingerprint density at radius 3 is 2.46 bits per heavy atom. The molecule has 0 spiro atoms. The quantitative estimate of drug-likeness (QED) is 0.697. The van der Waals surface area contributed by atoms with Crippen molar-refractivity contribution in [1.29, 1.82) is 0 Å². The zero-order chi connectivity index (χ0) is 19.0. The van der Waals surface area contributed by atoms with Crippen LogP contribution in [0.25, 0.3) is 0 Å². The van der Waals surface area contributed by atoms with Gasteiger partial charge < -0.3 is 15.4 Å². The van der Waals surface area contributed by atoms with E-state index in [1.54, 1.807) is 7.11 Å². The van der Waals surface area contributed by atoms with Crippen molar-refractivity contribution in [3.63, 3.8) is 0 Å². The number of para-hydroxylation sites is 2. The molecule has 0 aliphatic rings. The summed E-state index contributed by atoms with van der Waals surface area (Å²) < 4.78 is 44.0. The summed E-state index contributed by atoms with van der Waals surface area (Å²) in [5.74, 6) is 0.335. The van der Waals surface area contributed by atoms with Gasteiger partial charge in [-0.25, -0.2) is 0 Å². The van der Waals surface area contributed by atoms with E-state index >= 15 is 0 Å². The van der Waals surface area contributed by atoms with E-state index in [0.29, 0.717) is 13.1 Å². The first-order valence-corrected chi connectivity index (χ1v) is 8.20. The molecule has 0 aliphatic heterocycles. The summed E-state index contributed by atoms with van der Waals surface area (Å²) in [4.78, 5) is 11.9. The third-order valence-electron chi connectivity index (χ3n) is 3.80. The average Bonchev–Trinajstić information content (AvgIpc) is 2.61. The standard InChI is InChI=1S/C19H21F3N2O2/c1-26-17-9-5-2-6-14(17)10-12-23-13-11-18(25)24-16-8-4-3-7-15(16)19(20,21)22/h2-9,23H,10-13H2,1H3,(H,24,25). The van der Waals surface area contributed by atoms with Crippen molar-refractivity contribution in [2.75, 3.05) is 25.5 Å². The maximum Gasteiger partial charge on any atom is 0.418 e. The Hall–Kier alpha value is -2.54. The second kappa shape index (κ2) is 9.24. The van der Waals surface area contributed by atoms with Crippen molar-refractivity contribution < 1.29 is 22.7 Å². The second-order valence-electron chi connectivity index (χ2n) is 5.65. The highest BCUT2D eigenvalue weighted by Crippen LogP contribution is 2.34. The van der Waals surface area contributed by atoms with E-state index in [1.165, 1.54) is 18.2 Å². The van der Waals surface area contributed by atoms with Crippen molar-refractivity contribution in [3.8, 4) is 5.75 Å². The predicted octanol–water partition coefficient (Wildman–Crippen LogP) is 3.87. The molecule has 0 fully saturated rings. The third-order valence-corrected chi connectivity index (χ3v) is 3.80. The van der Waals surface area contributed by atoms with Gasteiger partial charge in [0.25, 0.3) is 0 Å². The van der Waals surface area contributed by atoms with E-state index in [9.17, 15) is 18.0 Å². The molecule has 0 heterocycles. The van der Waals surface area contributed by atoms with Gasteiger partial charge in [0.1, 0.15) is 5.75 Å². The normalized spacial score (nSPS) is 11.2. The number of hydrogen-bond acceptors (Lipinski definition) is 3. The van der Waals surface area contributed by atoms with Gasteiger partial charge in [-0.1, -0.05) is 30.3 Å². The van der Waals surface area contributed by atoms with Gasteiger partial charge in [0.15, 0.2) is 0 Å². The van der Waals surface area contributed by atoms with Crippen LogP contribution in [0.5, 0.6) is 5.75 Å². The van der Waals surface area contributed by atoms with Crippen LogP contribution in [0, 0.1) is 0 Å². The van der Waals surface area contributed by atoms with Gasteiger partial charge in [-0.05, 0) is 36.7 Å². The minimum Gasteiger partial charge on any atom is -0.496 e. The van der Waals surface area contributed by atoms with Crippen LogP contribution in [0.1, 0.15) is 17.5 Å². The van der Waals surface area contributed by atoms with Gasteiger partial charge in [-0.3, -0.25) is 4.79 Å². The fourth-order valence-electron chi connectivity index (χ4n) is 2.51. The Kier molecular flexibility index (Phi) is 7.03. The first kappa shape index (κ1) is 19.8. The highest BCUT2D eigenvalue weighted by atomic mass is 19.4. The molecule has 2 N–H and O–H groups in total. The van der Waals surface area contributed by atoms with Gasteiger partial charge in [-0.2, -0.15) is 13.2 Å². The lowest BCUT2D eigenvalue weighted by Crippen LogP contribution is -2.24. The smallest absolute Gasteiger partial charge is 0.418 e. The third kappa shape index (κ3) is 5.77. The summed E-state index contributed by atoms with van der Waals surface area (Å²) in [5, 5.41) is 5.43. The monoisotopic (exact) mass is 366 g/mol. The summed E-state index contributed by atoms with van der Waals surface area (Å²) in [7, 11) is 1.61. The van der Waals surface area contributed by atoms with Crippen LogP contribution in [0.2, 0.25) is 0 Å². The molecule has 1 amide bonds. The van der Waals surface area contributed by atoms with E-state index in [2.05, 4.69) is 10.6 Å². The summed E-state index contributed by atoms with van der Waals surface area (Å²) in [5.41, 5.74) is -0.0254. The van der Waals surface area contributed by atoms with Crippen molar-refractivity contribution in [2.45, 2.75) is 19.0 Å². The molecule has 0 unspecified atom stereocenters. The molecule has 7 heteroatoms. The van der Waals surface area contributed by atoms with E-state index in [-0.39, 0.29) is 12.1 Å².